The minimum absolute atomic E-state index is 0.258. The van der Waals surface area contributed by atoms with Gasteiger partial charge in [-0.2, -0.15) is 0 Å². The molecule has 0 N–H and O–H groups in total. The first-order valence-electron chi connectivity index (χ1n) is 8.66. The Morgan fingerprint density at radius 2 is 1.86 bits per heavy atom. The Balaban J connectivity index is 1.86. The highest BCUT2D eigenvalue weighted by Crippen LogP contribution is 2.23. The third-order valence-corrected chi connectivity index (χ3v) is 4.72. The van der Waals surface area contributed by atoms with Crippen LogP contribution in [0.25, 0.3) is 0 Å². The first kappa shape index (κ1) is 16.5. The third-order valence-electron chi connectivity index (χ3n) is 4.72. The van der Waals surface area contributed by atoms with Gasteiger partial charge in [0.1, 0.15) is 0 Å². The molecule has 0 saturated carbocycles. The highest BCUT2D eigenvalue weighted by Gasteiger charge is 2.18. The second-order valence-corrected chi connectivity index (χ2v) is 8.26. The van der Waals surface area contributed by atoms with Gasteiger partial charge in [0, 0.05) is 13.1 Å². The zero-order valence-electron chi connectivity index (χ0n) is 14.7. The van der Waals surface area contributed by atoms with Gasteiger partial charge in [-0.25, -0.2) is 0 Å². The van der Waals surface area contributed by atoms with Gasteiger partial charge in [-0.05, 0) is 54.2 Å². The normalized spacial score (nSPS) is 22.2. The monoisotopic (exact) mass is 287 g/mol. The maximum absolute atomic E-state index is 2.67. The van der Waals surface area contributed by atoms with Gasteiger partial charge in [-0.15, -0.1) is 0 Å². The van der Waals surface area contributed by atoms with Gasteiger partial charge in [0.2, 0.25) is 0 Å². The zero-order chi connectivity index (χ0) is 15.5. The number of benzene rings is 1. The summed E-state index contributed by atoms with van der Waals surface area (Å²) < 4.78 is 0. The lowest BCUT2D eigenvalue weighted by molar-refractivity contribution is 0.162. The number of piperidine rings is 1. The van der Waals surface area contributed by atoms with Crippen LogP contribution in [-0.2, 0) is 11.8 Å². The minimum Gasteiger partial charge on any atom is -0.303 e. The molecule has 1 aromatic carbocycles. The van der Waals surface area contributed by atoms with Gasteiger partial charge >= 0.3 is 0 Å². The van der Waals surface area contributed by atoms with Crippen molar-refractivity contribution in [1.29, 1.82) is 0 Å². The molecule has 1 saturated heterocycles. The Kier molecular flexibility index (Phi) is 5.48. The molecule has 1 aromatic rings. The molecule has 21 heavy (non-hydrogen) atoms. The highest BCUT2D eigenvalue weighted by molar-refractivity contribution is 5.27. The molecule has 1 aliphatic rings. The van der Waals surface area contributed by atoms with E-state index in [0.29, 0.717) is 0 Å². The molecule has 1 fully saturated rings. The summed E-state index contributed by atoms with van der Waals surface area (Å²) in [6.07, 6.45) is 4.00. The van der Waals surface area contributed by atoms with E-state index in [0.717, 1.165) is 11.8 Å². The number of nitrogens with zero attached hydrogens (tertiary/aromatic N) is 1. The van der Waals surface area contributed by atoms with Crippen LogP contribution < -0.4 is 0 Å². The molecule has 2 unspecified atom stereocenters. The first-order valence-corrected chi connectivity index (χ1v) is 8.66. The summed E-state index contributed by atoms with van der Waals surface area (Å²) in [6, 6.07) is 9.28. The average Bonchev–Trinajstić information content (AvgIpc) is 2.38. The van der Waals surface area contributed by atoms with Crippen LogP contribution in [-0.4, -0.2) is 24.5 Å². The van der Waals surface area contributed by atoms with Crippen LogP contribution in [0.1, 0.15) is 58.6 Å². The summed E-state index contributed by atoms with van der Waals surface area (Å²) in [7, 11) is 0. The maximum Gasteiger partial charge on any atom is 0.00103 e. The van der Waals surface area contributed by atoms with Crippen molar-refractivity contribution in [3.63, 3.8) is 0 Å². The van der Waals surface area contributed by atoms with Crippen molar-refractivity contribution in [3.05, 3.63) is 35.4 Å². The van der Waals surface area contributed by atoms with Crippen LogP contribution in [0.2, 0.25) is 0 Å². The third kappa shape index (κ3) is 5.14. The van der Waals surface area contributed by atoms with Crippen molar-refractivity contribution >= 4 is 0 Å². The van der Waals surface area contributed by atoms with E-state index in [1.807, 2.05) is 0 Å². The molecular weight excluding hydrogens is 254 g/mol. The molecule has 0 spiro atoms. The van der Waals surface area contributed by atoms with Crippen molar-refractivity contribution < 1.29 is 0 Å². The van der Waals surface area contributed by atoms with E-state index in [4.69, 9.17) is 0 Å². The molecule has 2 atom stereocenters. The largest absolute Gasteiger partial charge is 0.303 e. The van der Waals surface area contributed by atoms with E-state index < -0.39 is 0 Å². The van der Waals surface area contributed by atoms with E-state index in [1.165, 1.54) is 50.0 Å². The molecule has 0 aromatic heterocycles. The summed E-state index contributed by atoms with van der Waals surface area (Å²) in [5.74, 6) is 1.63. The van der Waals surface area contributed by atoms with Gasteiger partial charge in [-0.3, -0.25) is 0 Å². The molecular formula is C20H33N. The quantitative estimate of drug-likeness (QED) is 0.761. The molecule has 1 heterocycles. The SMILES string of the molecule is CC1CCCN(CC(C)Cc2ccc(C(C)(C)C)cc2)C1. The van der Waals surface area contributed by atoms with Crippen LogP contribution >= 0.6 is 0 Å². The Morgan fingerprint density at radius 3 is 2.43 bits per heavy atom. The van der Waals surface area contributed by atoms with E-state index in [1.54, 1.807) is 0 Å². The fraction of sp³-hybridized carbons (Fsp3) is 0.700. The number of rotatable bonds is 4. The topological polar surface area (TPSA) is 3.24 Å². The molecule has 118 valence electrons. The number of hydrogen-bond donors (Lipinski definition) is 0. The van der Waals surface area contributed by atoms with Gasteiger partial charge < -0.3 is 4.90 Å². The first-order chi connectivity index (χ1) is 9.84. The standard InChI is InChI=1S/C20H33N/c1-16-7-6-12-21(14-16)15-17(2)13-18-8-10-19(11-9-18)20(3,4)5/h8-11,16-17H,6-7,12-15H2,1-5H3. The van der Waals surface area contributed by atoms with Crippen molar-refractivity contribution in [2.45, 2.75) is 59.3 Å². The molecule has 2 rings (SSSR count). The predicted octanol–water partition coefficient (Wildman–Crippen LogP) is 4.89. The van der Waals surface area contributed by atoms with Gasteiger partial charge in [-0.1, -0.05) is 58.9 Å². The van der Waals surface area contributed by atoms with Crippen molar-refractivity contribution in [2.75, 3.05) is 19.6 Å². The van der Waals surface area contributed by atoms with Crippen LogP contribution in [0.15, 0.2) is 24.3 Å². The van der Waals surface area contributed by atoms with Crippen molar-refractivity contribution in [1.82, 2.24) is 4.90 Å². The molecule has 0 bridgehead atoms. The van der Waals surface area contributed by atoms with Crippen LogP contribution in [0.3, 0.4) is 0 Å². The molecule has 1 heteroatoms. The minimum atomic E-state index is 0.258. The van der Waals surface area contributed by atoms with E-state index in [2.05, 4.69) is 63.8 Å². The molecule has 0 aliphatic carbocycles. The van der Waals surface area contributed by atoms with E-state index in [9.17, 15) is 0 Å². The Bertz CT molecular complexity index is 426. The Hall–Kier alpha value is -0.820. The lowest BCUT2D eigenvalue weighted by Crippen LogP contribution is -2.37. The summed E-state index contributed by atoms with van der Waals surface area (Å²) in [4.78, 5) is 2.67. The zero-order valence-corrected chi connectivity index (χ0v) is 14.7. The van der Waals surface area contributed by atoms with Crippen LogP contribution in [0.4, 0.5) is 0 Å². The summed E-state index contributed by atoms with van der Waals surface area (Å²) >= 11 is 0. The fourth-order valence-electron chi connectivity index (χ4n) is 3.50. The summed E-state index contributed by atoms with van der Waals surface area (Å²) in [5, 5.41) is 0. The van der Waals surface area contributed by atoms with Gasteiger partial charge in [0.15, 0.2) is 0 Å². The van der Waals surface area contributed by atoms with Crippen molar-refractivity contribution in [2.24, 2.45) is 11.8 Å². The Labute approximate surface area is 131 Å². The van der Waals surface area contributed by atoms with Gasteiger partial charge in [0.25, 0.3) is 0 Å². The molecule has 0 radical (unpaired) electrons. The van der Waals surface area contributed by atoms with Crippen LogP contribution in [0, 0.1) is 11.8 Å². The second kappa shape index (κ2) is 6.96. The summed E-state index contributed by atoms with van der Waals surface area (Å²) in [5.41, 5.74) is 3.18. The van der Waals surface area contributed by atoms with Crippen LogP contribution in [0.5, 0.6) is 0 Å². The number of likely N-dealkylation sites (tertiary alicyclic amines) is 1. The molecule has 0 amide bonds. The lowest BCUT2D eigenvalue weighted by atomic mass is 9.86. The summed E-state index contributed by atoms with van der Waals surface area (Å²) in [6.45, 7) is 15.5. The molecule has 1 aliphatic heterocycles. The number of hydrogen-bond acceptors (Lipinski definition) is 1. The average molecular weight is 287 g/mol. The van der Waals surface area contributed by atoms with Gasteiger partial charge in [0.05, 0.1) is 0 Å². The second-order valence-electron chi connectivity index (χ2n) is 8.26. The highest BCUT2D eigenvalue weighted by atomic mass is 15.1. The maximum atomic E-state index is 2.67. The van der Waals surface area contributed by atoms with E-state index >= 15 is 0 Å². The van der Waals surface area contributed by atoms with E-state index in [-0.39, 0.29) is 5.41 Å². The lowest BCUT2D eigenvalue weighted by Gasteiger charge is -2.32. The predicted molar refractivity (Wildman–Crippen MR) is 92.8 cm³/mol. The fourth-order valence-corrected chi connectivity index (χ4v) is 3.50. The Morgan fingerprint density at radius 1 is 1.19 bits per heavy atom. The van der Waals surface area contributed by atoms with Crippen molar-refractivity contribution in [3.8, 4) is 0 Å². The smallest absolute Gasteiger partial charge is 0.00103 e. The molecule has 1 nitrogen and oxygen atoms in total.